The Morgan fingerprint density at radius 2 is 1.83 bits per heavy atom. The van der Waals surface area contributed by atoms with E-state index in [0.29, 0.717) is 10.8 Å². The van der Waals surface area contributed by atoms with Gasteiger partial charge in [-0.25, -0.2) is 0 Å². The molecule has 0 aliphatic heterocycles. The number of halogens is 2. The highest BCUT2D eigenvalue weighted by atomic mass is 79.9. The van der Waals surface area contributed by atoms with Crippen LogP contribution in [0.3, 0.4) is 0 Å². The predicted octanol–water partition coefficient (Wildman–Crippen LogP) is 4.54. The zero-order valence-corrected chi connectivity index (χ0v) is 16.1. The van der Waals surface area contributed by atoms with Gasteiger partial charge in [-0.15, -0.1) is 0 Å². The first-order valence-corrected chi connectivity index (χ1v) is 8.57. The first-order chi connectivity index (χ1) is 11.4. The highest BCUT2D eigenvalue weighted by Gasteiger charge is 2.14. The van der Waals surface area contributed by atoms with Crippen LogP contribution in [-0.4, -0.2) is 20.1 Å². The maximum atomic E-state index is 12.3. The highest BCUT2D eigenvalue weighted by Crippen LogP contribution is 2.28. The Kier molecular flexibility index (Phi) is 6.52. The fourth-order valence-electron chi connectivity index (χ4n) is 2.39. The fraction of sp³-hybridized carbons (Fsp3) is 0.278. The number of carbonyl (C=O) groups excluding carboxylic acids is 1. The summed E-state index contributed by atoms with van der Waals surface area (Å²) in [6.45, 7) is 1.93. The van der Waals surface area contributed by atoms with E-state index in [4.69, 9.17) is 21.1 Å². The van der Waals surface area contributed by atoms with Crippen LogP contribution < -0.4 is 14.8 Å². The molecule has 2 rings (SSSR count). The van der Waals surface area contributed by atoms with Crippen molar-refractivity contribution in [2.24, 2.45) is 0 Å². The minimum Gasteiger partial charge on any atom is -0.496 e. The third-order valence-corrected chi connectivity index (χ3v) is 4.50. The van der Waals surface area contributed by atoms with E-state index in [0.717, 1.165) is 21.3 Å². The van der Waals surface area contributed by atoms with Crippen LogP contribution in [0.4, 0.5) is 0 Å². The molecule has 6 heteroatoms. The topological polar surface area (TPSA) is 47.6 Å². The zero-order chi connectivity index (χ0) is 17.7. The van der Waals surface area contributed by atoms with E-state index in [1.807, 2.05) is 25.1 Å². The molecule has 24 heavy (non-hydrogen) atoms. The number of ether oxygens (including phenoxy) is 2. The second-order valence-corrected chi connectivity index (χ2v) is 6.61. The van der Waals surface area contributed by atoms with Gasteiger partial charge in [0, 0.05) is 10.6 Å². The lowest BCUT2D eigenvalue weighted by Gasteiger charge is -2.16. The summed E-state index contributed by atoms with van der Waals surface area (Å²) in [5.74, 6) is 1.30. The van der Waals surface area contributed by atoms with Gasteiger partial charge in [-0.3, -0.25) is 4.79 Å². The normalized spacial score (nSPS) is 11.7. The number of rotatable bonds is 6. The Balaban J connectivity index is 2.07. The summed E-state index contributed by atoms with van der Waals surface area (Å²) in [7, 11) is 3.19. The molecule has 4 nitrogen and oxygen atoms in total. The smallest absolute Gasteiger partial charge is 0.225 e. The van der Waals surface area contributed by atoms with Gasteiger partial charge in [0.15, 0.2) is 0 Å². The third kappa shape index (κ3) is 4.65. The molecule has 1 atom stereocenters. The maximum absolute atomic E-state index is 12.3. The zero-order valence-electron chi connectivity index (χ0n) is 13.7. The molecule has 1 amide bonds. The van der Waals surface area contributed by atoms with Crippen molar-refractivity contribution in [3.05, 3.63) is 57.0 Å². The van der Waals surface area contributed by atoms with Crippen LogP contribution in [-0.2, 0) is 11.2 Å². The van der Waals surface area contributed by atoms with Crippen LogP contribution >= 0.6 is 27.5 Å². The molecular formula is C18H19BrClNO3. The van der Waals surface area contributed by atoms with Gasteiger partial charge in [-0.1, -0.05) is 17.7 Å². The molecule has 0 bridgehead atoms. The molecule has 0 spiro atoms. The van der Waals surface area contributed by atoms with E-state index in [-0.39, 0.29) is 18.4 Å². The predicted molar refractivity (Wildman–Crippen MR) is 99.0 cm³/mol. The lowest BCUT2D eigenvalue weighted by atomic mass is 10.1. The van der Waals surface area contributed by atoms with Gasteiger partial charge in [0.2, 0.25) is 5.91 Å². The number of benzene rings is 2. The first-order valence-electron chi connectivity index (χ1n) is 7.39. The molecule has 128 valence electrons. The Labute approximate surface area is 155 Å². The molecule has 0 fully saturated rings. The molecule has 0 aliphatic rings. The minimum absolute atomic E-state index is 0.102. The molecule has 0 heterocycles. The van der Waals surface area contributed by atoms with Gasteiger partial charge in [0.05, 0.1) is 31.2 Å². The van der Waals surface area contributed by atoms with Gasteiger partial charge in [-0.05, 0) is 58.7 Å². The van der Waals surface area contributed by atoms with Gasteiger partial charge in [-0.2, -0.15) is 0 Å². The summed E-state index contributed by atoms with van der Waals surface area (Å²) in [5, 5.41) is 3.56. The Morgan fingerprint density at radius 3 is 2.46 bits per heavy atom. The van der Waals surface area contributed by atoms with E-state index in [2.05, 4.69) is 21.2 Å². The van der Waals surface area contributed by atoms with Crippen LogP contribution in [0, 0.1) is 0 Å². The summed E-state index contributed by atoms with van der Waals surface area (Å²) in [5.41, 5.74) is 1.74. The molecule has 0 aromatic heterocycles. The minimum atomic E-state index is -0.134. The van der Waals surface area contributed by atoms with Crippen molar-refractivity contribution in [2.45, 2.75) is 19.4 Å². The van der Waals surface area contributed by atoms with Crippen molar-refractivity contribution >= 4 is 33.4 Å². The summed E-state index contributed by atoms with van der Waals surface area (Å²) >= 11 is 9.45. The summed E-state index contributed by atoms with van der Waals surface area (Å²) < 4.78 is 11.3. The Hall–Kier alpha value is -1.72. The van der Waals surface area contributed by atoms with Gasteiger partial charge < -0.3 is 14.8 Å². The van der Waals surface area contributed by atoms with Crippen LogP contribution in [0.5, 0.6) is 11.5 Å². The average Bonchev–Trinajstić information content (AvgIpc) is 2.54. The lowest BCUT2D eigenvalue weighted by Crippen LogP contribution is -2.28. The van der Waals surface area contributed by atoms with E-state index in [1.165, 1.54) is 0 Å². The molecule has 0 saturated heterocycles. The Morgan fingerprint density at radius 1 is 1.17 bits per heavy atom. The van der Waals surface area contributed by atoms with Crippen molar-refractivity contribution in [1.29, 1.82) is 0 Å². The van der Waals surface area contributed by atoms with Crippen molar-refractivity contribution in [3.63, 3.8) is 0 Å². The number of hydrogen-bond acceptors (Lipinski definition) is 3. The number of amides is 1. The second-order valence-electron chi connectivity index (χ2n) is 5.32. The molecule has 0 radical (unpaired) electrons. The summed E-state index contributed by atoms with van der Waals surface area (Å²) in [4.78, 5) is 12.3. The number of carbonyl (C=O) groups is 1. The maximum Gasteiger partial charge on any atom is 0.225 e. The number of nitrogens with one attached hydrogen (secondary N) is 1. The summed E-state index contributed by atoms with van der Waals surface area (Å²) in [6, 6.07) is 10.8. The number of hydrogen-bond donors (Lipinski definition) is 1. The highest BCUT2D eigenvalue weighted by molar-refractivity contribution is 9.10. The standard InChI is InChI=1S/C18H19BrClNO3/c1-11(12-4-6-17(24-3)15(19)9-12)21-18(22)10-13-8-14(20)5-7-16(13)23-2/h4-9,11H,10H2,1-3H3,(H,21,22)/t11-/m0/s1. The second kappa shape index (κ2) is 8.40. The van der Waals surface area contributed by atoms with Crippen LogP contribution in [0.2, 0.25) is 5.02 Å². The van der Waals surface area contributed by atoms with Gasteiger partial charge in [0.1, 0.15) is 11.5 Å². The largest absolute Gasteiger partial charge is 0.496 e. The van der Waals surface area contributed by atoms with Crippen LogP contribution in [0.1, 0.15) is 24.1 Å². The molecule has 2 aromatic rings. The average molecular weight is 413 g/mol. The Bertz CT molecular complexity index is 736. The fourth-order valence-corrected chi connectivity index (χ4v) is 3.14. The van der Waals surface area contributed by atoms with Gasteiger partial charge in [0.25, 0.3) is 0 Å². The molecule has 2 aromatic carbocycles. The van der Waals surface area contributed by atoms with Crippen molar-refractivity contribution in [2.75, 3.05) is 14.2 Å². The molecular weight excluding hydrogens is 394 g/mol. The van der Waals surface area contributed by atoms with E-state index >= 15 is 0 Å². The number of methoxy groups -OCH3 is 2. The quantitative estimate of drug-likeness (QED) is 0.758. The molecule has 0 saturated carbocycles. The first kappa shape index (κ1) is 18.6. The molecule has 1 N–H and O–H groups in total. The molecule has 0 aliphatic carbocycles. The van der Waals surface area contributed by atoms with Crippen molar-refractivity contribution in [1.82, 2.24) is 5.32 Å². The van der Waals surface area contributed by atoms with Gasteiger partial charge >= 0.3 is 0 Å². The SMILES string of the molecule is COc1ccc([C@H](C)NC(=O)Cc2cc(Cl)ccc2OC)cc1Br. The third-order valence-electron chi connectivity index (χ3n) is 3.65. The van der Waals surface area contributed by atoms with Crippen molar-refractivity contribution in [3.8, 4) is 11.5 Å². The monoisotopic (exact) mass is 411 g/mol. The van der Waals surface area contributed by atoms with Crippen molar-refractivity contribution < 1.29 is 14.3 Å². The lowest BCUT2D eigenvalue weighted by molar-refractivity contribution is -0.121. The van der Waals surface area contributed by atoms with Crippen LogP contribution in [0.25, 0.3) is 0 Å². The van der Waals surface area contributed by atoms with Crippen LogP contribution in [0.15, 0.2) is 40.9 Å². The van der Waals surface area contributed by atoms with E-state index in [1.54, 1.807) is 32.4 Å². The summed E-state index contributed by atoms with van der Waals surface area (Å²) in [6.07, 6.45) is 0.200. The van der Waals surface area contributed by atoms with E-state index in [9.17, 15) is 4.79 Å². The van der Waals surface area contributed by atoms with E-state index < -0.39 is 0 Å². The molecule has 0 unspecified atom stereocenters.